The lowest BCUT2D eigenvalue weighted by molar-refractivity contribution is 0.0695. The van der Waals surface area contributed by atoms with Crippen LogP contribution in [0, 0.1) is 0 Å². The molecule has 0 aliphatic rings. The van der Waals surface area contributed by atoms with Gasteiger partial charge >= 0.3 is 0 Å². The molecule has 0 bridgehead atoms. The molecule has 0 spiro atoms. The van der Waals surface area contributed by atoms with Crippen LogP contribution in [-0.4, -0.2) is 23.3 Å². The highest BCUT2D eigenvalue weighted by molar-refractivity contribution is 9.10. The fourth-order valence-corrected chi connectivity index (χ4v) is 4.41. The number of nitrogens with one attached hydrogen (secondary N) is 1. The Balaban J connectivity index is 1.77. The van der Waals surface area contributed by atoms with Crippen molar-refractivity contribution >= 4 is 44.1 Å². The lowest BCUT2D eigenvalue weighted by Gasteiger charge is -2.29. The second kappa shape index (κ2) is 9.21. The summed E-state index contributed by atoms with van der Waals surface area (Å²) in [6.45, 7) is 4.73. The van der Waals surface area contributed by atoms with E-state index >= 15 is 0 Å². The van der Waals surface area contributed by atoms with E-state index < -0.39 is 0 Å². The number of hydrogen-bond acceptors (Lipinski definition) is 4. The number of amides is 2. The van der Waals surface area contributed by atoms with Crippen molar-refractivity contribution in [2.45, 2.75) is 26.3 Å². The molecule has 0 saturated heterocycles. The second-order valence-corrected chi connectivity index (χ2v) is 8.23. The van der Waals surface area contributed by atoms with Crippen LogP contribution in [0.25, 0.3) is 0 Å². The Morgan fingerprint density at radius 3 is 2.64 bits per heavy atom. The average molecular weight is 461 g/mol. The van der Waals surface area contributed by atoms with Crippen molar-refractivity contribution in [1.82, 2.24) is 4.90 Å². The van der Waals surface area contributed by atoms with Gasteiger partial charge in [0.2, 0.25) is 0 Å². The number of rotatable bonds is 7. The maximum absolute atomic E-state index is 13.2. The van der Waals surface area contributed by atoms with Crippen molar-refractivity contribution < 1.29 is 14.0 Å². The number of furan rings is 1. The van der Waals surface area contributed by atoms with Crippen LogP contribution < -0.4 is 5.32 Å². The van der Waals surface area contributed by atoms with Crippen molar-refractivity contribution in [1.29, 1.82) is 0 Å². The largest absolute Gasteiger partial charge is 0.459 e. The smallest absolute Gasteiger partial charge is 0.291 e. The van der Waals surface area contributed by atoms with Crippen LogP contribution in [0.15, 0.2) is 63.7 Å². The van der Waals surface area contributed by atoms with Crippen LogP contribution in [0.4, 0.5) is 5.00 Å². The quantitative estimate of drug-likeness (QED) is 0.472. The third-order valence-corrected chi connectivity index (χ3v) is 6.06. The van der Waals surface area contributed by atoms with E-state index in [2.05, 4.69) is 28.2 Å². The highest BCUT2D eigenvalue weighted by Crippen LogP contribution is 2.31. The Labute approximate surface area is 176 Å². The first-order chi connectivity index (χ1) is 13.5. The Hall–Kier alpha value is -2.38. The maximum atomic E-state index is 13.2. The minimum absolute atomic E-state index is 0.0476. The molecule has 146 valence electrons. The molecule has 0 fully saturated rings. The fourth-order valence-electron chi connectivity index (χ4n) is 2.94. The first kappa shape index (κ1) is 20.4. The molecule has 1 unspecified atom stereocenters. The Bertz CT molecular complexity index is 952. The van der Waals surface area contributed by atoms with E-state index in [4.69, 9.17) is 4.42 Å². The third-order valence-electron chi connectivity index (χ3n) is 4.35. The minimum Gasteiger partial charge on any atom is -0.459 e. The van der Waals surface area contributed by atoms with Gasteiger partial charge in [0.1, 0.15) is 0 Å². The van der Waals surface area contributed by atoms with Gasteiger partial charge in [-0.2, -0.15) is 0 Å². The predicted molar refractivity (Wildman–Crippen MR) is 115 cm³/mol. The van der Waals surface area contributed by atoms with Gasteiger partial charge in [0.25, 0.3) is 11.8 Å². The number of thiophene rings is 1. The summed E-state index contributed by atoms with van der Waals surface area (Å²) in [5.74, 6) is -0.150. The number of carbonyl (C=O) groups is 2. The highest BCUT2D eigenvalue weighted by atomic mass is 79.9. The lowest BCUT2D eigenvalue weighted by atomic mass is 10.1. The molecule has 0 radical (unpaired) electrons. The molecule has 1 aromatic carbocycles. The average Bonchev–Trinajstić information content (AvgIpc) is 3.37. The van der Waals surface area contributed by atoms with E-state index in [1.54, 1.807) is 24.3 Å². The summed E-state index contributed by atoms with van der Waals surface area (Å²) in [6, 6.07) is 14.6. The molecule has 2 amide bonds. The molecule has 2 heterocycles. The van der Waals surface area contributed by atoms with Crippen molar-refractivity contribution in [3.8, 4) is 0 Å². The summed E-state index contributed by atoms with van der Waals surface area (Å²) in [5, 5.41) is 3.37. The molecule has 3 rings (SSSR count). The zero-order chi connectivity index (χ0) is 20.1. The van der Waals surface area contributed by atoms with Crippen LogP contribution in [-0.2, 0) is 0 Å². The van der Waals surface area contributed by atoms with E-state index in [0.717, 1.165) is 16.5 Å². The third kappa shape index (κ3) is 4.54. The highest BCUT2D eigenvalue weighted by Gasteiger charge is 2.25. The summed E-state index contributed by atoms with van der Waals surface area (Å²) in [6.07, 6.45) is 2.30. The Kier molecular flexibility index (Phi) is 6.70. The van der Waals surface area contributed by atoms with E-state index in [1.165, 1.54) is 17.6 Å². The van der Waals surface area contributed by atoms with Crippen molar-refractivity contribution in [3.63, 3.8) is 0 Å². The van der Waals surface area contributed by atoms with Gasteiger partial charge in [0.15, 0.2) is 5.76 Å². The fraction of sp³-hybridized carbons (Fsp3) is 0.238. The monoisotopic (exact) mass is 460 g/mol. The Morgan fingerprint density at radius 1 is 1.18 bits per heavy atom. The molecule has 28 heavy (non-hydrogen) atoms. The van der Waals surface area contributed by atoms with Gasteiger partial charge in [0.05, 0.1) is 22.2 Å². The minimum atomic E-state index is -0.335. The van der Waals surface area contributed by atoms with Gasteiger partial charge in [-0.3, -0.25) is 9.59 Å². The first-order valence-electron chi connectivity index (χ1n) is 9.01. The number of anilines is 1. The molecular weight excluding hydrogens is 440 g/mol. The van der Waals surface area contributed by atoms with Gasteiger partial charge in [-0.15, -0.1) is 11.3 Å². The number of carbonyl (C=O) groups excluding carboxylic acids is 2. The first-order valence-corrected chi connectivity index (χ1v) is 10.6. The lowest BCUT2D eigenvalue weighted by Crippen LogP contribution is -2.34. The van der Waals surface area contributed by atoms with Crippen molar-refractivity contribution in [2.24, 2.45) is 0 Å². The van der Waals surface area contributed by atoms with Crippen LogP contribution >= 0.6 is 27.3 Å². The molecular formula is C21H21BrN2O3S. The van der Waals surface area contributed by atoms with Gasteiger partial charge in [-0.05, 0) is 49.2 Å². The number of halogens is 1. The molecule has 2 aromatic heterocycles. The standard InChI is InChI=1S/C21H21BrN2O3S/c1-3-12-24(14(2)15-7-4-5-8-16(15)22)21(26)18-10-11-19(28-18)23-20(25)17-9-6-13-27-17/h4-11,13-14H,3,12H2,1-2H3,(H,23,25). The zero-order valence-corrected chi connectivity index (χ0v) is 18.0. The van der Waals surface area contributed by atoms with Gasteiger partial charge in [-0.25, -0.2) is 0 Å². The number of benzene rings is 1. The molecule has 5 nitrogen and oxygen atoms in total. The van der Waals surface area contributed by atoms with Gasteiger partial charge in [0, 0.05) is 11.0 Å². The van der Waals surface area contributed by atoms with Crippen molar-refractivity contribution in [2.75, 3.05) is 11.9 Å². The summed E-state index contributed by atoms with van der Waals surface area (Å²) in [5.41, 5.74) is 1.06. The molecule has 0 aliphatic heterocycles. The van der Waals surface area contributed by atoms with Gasteiger partial charge < -0.3 is 14.6 Å². The predicted octanol–water partition coefficient (Wildman–Crippen LogP) is 5.97. The second-order valence-electron chi connectivity index (χ2n) is 6.29. The van der Waals surface area contributed by atoms with Crippen LogP contribution in [0.1, 0.15) is 52.1 Å². The van der Waals surface area contributed by atoms with Crippen LogP contribution in [0.3, 0.4) is 0 Å². The Morgan fingerprint density at radius 2 is 1.96 bits per heavy atom. The van der Waals surface area contributed by atoms with Crippen LogP contribution in [0.5, 0.6) is 0 Å². The molecule has 0 saturated carbocycles. The molecule has 7 heteroatoms. The van der Waals surface area contributed by atoms with Crippen LogP contribution in [0.2, 0.25) is 0 Å². The van der Waals surface area contributed by atoms with E-state index in [-0.39, 0.29) is 23.6 Å². The van der Waals surface area contributed by atoms with Gasteiger partial charge in [-0.1, -0.05) is 41.1 Å². The number of nitrogens with zero attached hydrogens (tertiary/aromatic N) is 1. The molecule has 0 aliphatic carbocycles. The molecule has 3 aromatic rings. The summed E-state index contributed by atoms with van der Waals surface area (Å²) < 4.78 is 6.08. The van der Waals surface area contributed by atoms with E-state index in [9.17, 15) is 9.59 Å². The van der Waals surface area contributed by atoms with E-state index in [1.807, 2.05) is 36.1 Å². The normalized spacial score (nSPS) is 11.8. The summed E-state index contributed by atoms with van der Waals surface area (Å²) in [4.78, 5) is 27.8. The maximum Gasteiger partial charge on any atom is 0.291 e. The topological polar surface area (TPSA) is 62.6 Å². The number of hydrogen-bond donors (Lipinski definition) is 1. The summed E-state index contributed by atoms with van der Waals surface area (Å²) in [7, 11) is 0. The SMILES string of the molecule is CCCN(C(=O)c1ccc(NC(=O)c2ccco2)s1)C(C)c1ccccc1Br. The zero-order valence-electron chi connectivity index (χ0n) is 15.6. The van der Waals surface area contributed by atoms with E-state index in [0.29, 0.717) is 16.4 Å². The summed E-state index contributed by atoms with van der Waals surface area (Å²) >= 11 is 4.84. The van der Waals surface area contributed by atoms with Crippen molar-refractivity contribution in [3.05, 3.63) is 75.5 Å². The molecule has 1 N–H and O–H groups in total. The molecule has 1 atom stereocenters.